The summed E-state index contributed by atoms with van der Waals surface area (Å²) < 4.78 is 0. The van der Waals surface area contributed by atoms with Gasteiger partial charge in [-0.25, -0.2) is 0 Å². The molecule has 22 heavy (non-hydrogen) atoms. The quantitative estimate of drug-likeness (QED) is 0.496. The Labute approximate surface area is 134 Å². The molecule has 2 N–H and O–H groups in total. The number of terminal acetylenes is 1. The summed E-state index contributed by atoms with van der Waals surface area (Å²) in [5, 5.41) is 6.31. The van der Waals surface area contributed by atoms with E-state index in [0.717, 1.165) is 19.0 Å². The van der Waals surface area contributed by atoms with Crippen molar-refractivity contribution in [1.29, 1.82) is 0 Å². The Kier molecular flexibility index (Phi) is 6.79. The Morgan fingerprint density at radius 2 is 1.82 bits per heavy atom. The Morgan fingerprint density at radius 3 is 2.45 bits per heavy atom. The third-order valence-electron chi connectivity index (χ3n) is 3.92. The van der Waals surface area contributed by atoms with Crippen LogP contribution in [0.1, 0.15) is 30.4 Å². The summed E-state index contributed by atoms with van der Waals surface area (Å²) in [5.41, 5.74) is 2.63. The topological polar surface area (TPSA) is 39.7 Å². The molecule has 4 nitrogen and oxygen atoms in total. The van der Waals surface area contributed by atoms with Crippen LogP contribution in [0.25, 0.3) is 0 Å². The van der Waals surface area contributed by atoms with Crippen LogP contribution in [0.3, 0.4) is 0 Å². The number of benzene rings is 1. The van der Waals surface area contributed by atoms with Gasteiger partial charge in [0, 0.05) is 20.1 Å². The summed E-state index contributed by atoms with van der Waals surface area (Å²) in [7, 11) is 1.74. The van der Waals surface area contributed by atoms with Crippen LogP contribution in [0.4, 0.5) is 0 Å². The molecule has 0 spiro atoms. The van der Waals surface area contributed by atoms with Crippen LogP contribution in [0.2, 0.25) is 0 Å². The van der Waals surface area contributed by atoms with E-state index in [2.05, 4.69) is 50.7 Å². The average Bonchev–Trinajstić information content (AvgIpc) is 2.57. The molecule has 0 unspecified atom stereocenters. The van der Waals surface area contributed by atoms with Crippen LogP contribution in [0, 0.1) is 12.3 Å². The van der Waals surface area contributed by atoms with Gasteiger partial charge in [-0.05, 0) is 37.1 Å². The summed E-state index contributed by atoms with van der Waals surface area (Å²) in [6, 6.07) is 8.81. The largest absolute Gasteiger partial charge is 0.352 e. The predicted molar refractivity (Wildman–Crippen MR) is 92.6 cm³/mol. The van der Waals surface area contributed by atoms with E-state index in [0.29, 0.717) is 6.54 Å². The van der Waals surface area contributed by atoms with Crippen molar-refractivity contribution in [2.45, 2.75) is 32.4 Å². The number of piperidine rings is 1. The monoisotopic (exact) mass is 298 g/mol. The van der Waals surface area contributed by atoms with Crippen molar-refractivity contribution in [3.8, 4) is 12.3 Å². The molecule has 0 aromatic heterocycles. The third-order valence-corrected chi connectivity index (χ3v) is 3.92. The van der Waals surface area contributed by atoms with Gasteiger partial charge in [-0.15, -0.1) is 6.42 Å². The zero-order valence-corrected chi connectivity index (χ0v) is 13.4. The number of nitrogens with one attached hydrogen (secondary N) is 2. The van der Waals surface area contributed by atoms with E-state index in [1.165, 1.54) is 43.5 Å². The van der Waals surface area contributed by atoms with Crippen molar-refractivity contribution in [3.63, 3.8) is 0 Å². The second-order valence-corrected chi connectivity index (χ2v) is 5.64. The number of rotatable bonds is 5. The number of aliphatic imine (C=N–C) groups is 1. The maximum Gasteiger partial charge on any atom is 0.192 e. The van der Waals surface area contributed by atoms with E-state index in [-0.39, 0.29) is 0 Å². The molecule has 1 fully saturated rings. The van der Waals surface area contributed by atoms with Gasteiger partial charge < -0.3 is 10.6 Å². The third kappa shape index (κ3) is 5.42. The zero-order valence-electron chi connectivity index (χ0n) is 13.4. The fraction of sp³-hybridized carbons (Fsp3) is 0.500. The normalized spacial score (nSPS) is 16.1. The van der Waals surface area contributed by atoms with Gasteiger partial charge in [-0.2, -0.15) is 0 Å². The molecule has 1 aliphatic rings. The Balaban J connectivity index is 1.80. The molecule has 1 saturated heterocycles. The van der Waals surface area contributed by atoms with Gasteiger partial charge in [0.15, 0.2) is 5.96 Å². The molecule has 118 valence electrons. The van der Waals surface area contributed by atoms with Gasteiger partial charge in [0.05, 0.1) is 6.54 Å². The molecule has 1 aliphatic heterocycles. The number of hydrogen-bond donors (Lipinski definition) is 2. The molecule has 0 amide bonds. The number of guanidine groups is 1. The van der Waals surface area contributed by atoms with Gasteiger partial charge >= 0.3 is 0 Å². The van der Waals surface area contributed by atoms with Crippen LogP contribution < -0.4 is 10.6 Å². The van der Waals surface area contributed by atoms with Crippen LogP contribution >= 0.6 is 0 Å². The standard InChI is InChI=1S/C18H26N4/c1-3-11-20-18(19-2)21-14-16-7-9-17(10-8-16)15-22-12-5-4-6-13-22/h1,7-10H,4-6,11-15H2,2H3,(H2,19,20,21). The Morgan fingerprint density at radius 1 is 1.14 bits per heavy atom. The lowest BCUT2D eigenvalue weighted by Gasteiger charge is -2.26. The van der Waals surface area contributed by atoms with Crippen LogP contribution in [-0.4, -0.2) is 37.5 Å². The first-order valence-electron chi connectivity index (χ1n) is 8.00. The molecule has 0 bridgehead atoms. The van der Waals surface area contributed by atoms with Crippen molar-refractivity contribution >= 4 is 5.96 Å². The van der Waals surface area contributed by atoms with Crippen molar-refractivity contribution in [2.75, 3.05) is 26.7 Å². The van der Waals surface area contributed by atoms with Crippen LogP contribution in [0.15, 0.2) is 29.3 Å². The van der Waals surface area contributed by atoms with Crippen molar-refractivity contribution in [1.82, 2.24) is 15.5 Å². The van der Waals surface area contributed by atoms with Gasteiger partial charge in [-0.1, -0.05) is 36.6 Å². The van der Waals surface area contributed by atoms with Crippen molar-refractivity contribution in [3.05, 3.63) is 35.4 Å². The van der Waals surface area contributed by atoms with E-state index >= 15 is 0 Å². The Bertz CT molecular complexity index is 507. The highest BCUT2D eigenvalue weighted by atomic mass is 15.2. The van der Waals surface area contributed by atoms with E-state index in [1.807, 2.05) is 0 Å². The van der Waals surface area contributed by atoms with Crippen molar-refractivity contribution < 1.29 is 0 Å². The molecule has 0 atom stereocenters. The predicted octanol–water partition coefficient (Wildman–Crippen LogP) is 1.97. The summed E-state index contributed by atoms with van der Waals surface area (Å²) in [5.74, 6) is 3.27. The minimum absolute atomic E-state index is 0.481. The molecule has 1 aromatic carbocycles. The molecule has 4 heteroatoms. The second-order valence-electron chi connectivity index (χ2n) is 5.64. The van der Waals surface area contributed by atoms with Crippen LogP contribution in [-0.2, 0) is 13.1 Å². The van der Waals surface area contributed by atoms with E-state index in [4.69, 9.17) is 6.42 Å². The maximum absolute atomic E-state index is 5.23. The van der Waals surface area contributed by atoms with Gasteiger partial charge in [0.2, 0.25) is 0 Å². The summed E-state index contributed by atoms with van der Waals surface area (Å²) in [6.07, 6.45) is 9.30. The van der Waals surface area contributed by atoms with Crippen molar-refractivity contribution in [2.24, 2.45) is 4.99 Å². The average molecular weight is 298 g/mol. The lowest BCUT2D eigenvalue weighted by molar-refractivity contribution is 0.221. The number of nitrogens with zero attached hydrogens (tertiary/aromatic N) is 2. The highest BCUT2D eigenvalue weighted by Crippen LogP contribution is 2.13. The molecule has 1 heterocycles. The van der Waals surface area contributed by atoms with E-state index < -0.39 is 0 Å². The fourth-order valence-corrected chi connectivity index (χ4v) is 2.68. The molecule has 0 radical (unpaired) electrons. The summed E-state index contributed by atoms with van der Waals surface area (Å²) >= 11 is 0. The molecule has 0 saturated carbocycles. The highest BCUT2D eigenvalue weighted by Gasteiger charge is 2.10. The second kappa shape index (κ2) is 9.11. The molecule has 0 aliphatic carbocycles. The van der Waals surface area contributed by atoms with Gasteiger partial charge in [0.1, 0.15) is 0 Å². The SMILES string of the molecule is C#CCNC(=NC)NCc1ccc(CN2CCCCC2)cc1. The minimum atomic E-state index is 0.481. The highest BCUT2D eigenvalue weighted by molar-refractivity contribution is 5.79. The van der Waals surface area contributed by atoms with E-state index in [1.54, 1.807) is 7.05 Å². The van der Waals surface area contributed by atoms with Gasteiger partial charge in [0.25, 0.3) is 0 Å². The molecule has 1 aromatic rings. The van der Waals surface area contributed by atoms with Gasteiger partial charge in [-0.3, -0.25) is 9.89 Å². The summed E-state index contributed by atoms with van der Waals surface area (Å²) in [4.78, 5) is 6.67. The lowest BCUT2D eigenvalue weighted by Crippen LogP contribution is -2.36. The molecular formula is C18H26N4. The summed E-state index contributed by atoms with van der Waals surface area (Å²) in [6.45, 7) is 4.77. The smallest absolute Gasteiger partial charge is 0.192 e. The first-order chi connectivity index (χ1) is 10.8. The molecular weight excluding hydrogens is 272 g/mol. The van der Waals surface area contributed by atoms with Crippen LogP contribution in [0.5, 0.6) is 0 Å². The number of likely N-dealkylation sites (tertiary alicyclic amines) is 1. The number of hydrogen-bond acceptors (Lipinski definition) is 2. The fourth-order valence-electron chi connectivity index (χ4n) is 2.68. The zero-order chi connectivity index (χ0) is 15.6. The first-order valence-corrected chi connectivity index (χ1v) is 8.00. The lowest BCUT2D eigenvalue weighted by atomic mass is 10.1. The minimum Gasteiger partial charge on any atom is -0.352 e. The van der Waals surface area contributed by atoms with E-state index in [9.17, 15) is 0 Å². The maximum atomic E-state index is 5.23. The molecule has 2 rings (SSSR count). The Hall–Kier alpha value is -1.99. The first kappa shape index (κ1) is 16.4.